The van der Waals surface area contributed by atoms with E-state index in [-0.39, 0.29) is 5.84 Å². The van der Waals surface area contributed by atoms with Gasteiger partial charge in [-0.05, 0) is 45.6 Å². The molecule has 0 aliphatic carbocycles. The number of amidine groups is 1. The van der Waals surface area contributed by atoms with Gasteiger partial charge in [0.25, 0.3) is 0 Å². The summed E-state index contributed by atoms with van der Waals surface area (Å²) in [6.07, 6.45) is 2.39. The van der Waals surface area contributed by atoms with Crippen molar-refractivity contribution in [3.05, 3.63) is 35.4 Å². The number of benzene rings is 1. The fourth-order valence-corrected chi connectivity index (χ4v) is 2.80. The summed E-state index contributed by atoms with van der Waals surface area (Å²) in [5.41, 5.74) is 7.68. The van der Waals surface area contributed by atoms with Crippen molar-refractivity contribution in [2.75, 3.05) is 27.2 Å². The van der Waals surface area contributed by atoms with Crippen LogP contribution in [0, 0.1) is 0 Å². The predicted octanol–water partition coefficient (Wildman–Crippen LogP) is 1.31. The van der Waals surface area contributed by atoms with Gasteiger partial charge in [-0.2, -0.15) is 0 Å². The molecule has 1 aromatic rings. The van der Waals surface area contributed by atoms with Gasteiger partial charge >= 0.3 is 0 Å². The zero-order valence-electron chi connectivity index (χ0n) is 12.3. The Morgan fingerprint density at radius 1 is 1.35 bits per heavy atom. The smallest absolute Gasteiger partial charge is 0.170 e. The minimum Gasteiger partial charge on any atom is -0.409 e. The highest BCUT2D eigenvalue weighted by molar-refractivity contribution is 5.98. The fraction of sp³-hybridized carbons (Fsp3) is 0.533. The molecule has 0 atom stereocenters. The molecule has 0 radical (unpaired) electrons. The van der Waals surface area contributed by atoms with Crippen molar-refractivity contribution in [2.45, 2.75) is 25.4 Å². The van der Waals surface area contributed by atoms with Crippen molar-refractivity contribution < 1.29 is 5.21 Å². The van der Waals surface area contributed by atoms with E-state index in [0.29, 0.717) is 6.04 Å². The third-order valence-electron chi connectivity index (χ3n) is 4.08. The zero-order chi connectivity index (χ0) is 14.5. The predicted molar refractivity (Wildman–Crippen MR) is 80.9 cm³/mol. The van der Waals surface area contributed by atoms with E-state index in [1.807, 2.05) is 24.3 Å². The third kappa shape index (κ3) is 3.49. The Kier molecular flexibility index (Phi) is 4.98. The fourth-order valence-electron chi connectivity index (χ4n) is 2.80. The molecule has 0 spiro atoms. The number of nitrogens with zero attached hydrogens (tertiary/aromatic N) is 3. The van der Waals surface area contributed by atoms with Gasteiger partial charge in [0.15, 0.2) is 5.84 Å². The Labute approximate surface area is 120 Å². The number of rotatable bonds is 4. The molecule has 0 saturated carbocycles. The van der Waals surface area contributed by atoms with Crippen LogP contribution in [0.3, 0.4) is 0 Å². The first-order chi connectivity index (χ1) is 9.61. The second-order valence-electron chi connectivity index (χ2n) is 5.61. The van der Waals surface area contributed by atoms with Crippen LogP contribution >= 0.6 is 0 Å². The maximum absolute atomic E-state index is 8.86. The molecule has 1 aliphatic rings. The SMILES string of the molecule is CN(C)C1CCN(Cc2ccccc2/C(N)=N/O)CC1. The normalized spacial score (nSPS) is 18.6. The summed E-state index contributed by atoms with van der Waals surface area (Å²) < 4.78 is 0. The Balaban J connectivity index is 2.01. The molecule has 0 aromatic heterocycles. The van der Waals surface area contributed by atoms with Crippen molar-refractivity contribution in [2.24, 2.45) is 10.9 Å². The largest absolute Gasteiger partial charge is 0.409 e. The van der Waals surface area contributed by atoms with E-state index in [4.69, 9.17) is 10.9 Å². The molecule has 1 aliphatic heterocycles. The first kappa shape index (κ1) is 14.8. The third-order valence-corrected chi connectivity index (χ3v) is 4.08. The number of nitrogens with two attached hydrogens (primary N) is 1. The molecule has 20 heavy (non-hydrogen) atoms. The summed E-state index contributed by atoms with van der Waals surface area (Å²) in [7, 11) is 4.29. The monoisotopic (exact) mass is 276 g/mol. The van der Waals surface area contributed by atoms with Gasteiger partial charge in [0, 0.05) is 18.2 Å². The molecule has 1 aromatic carbocycles. The lowest BCUT2D eigenvalue weighted by Crippen LogP contribution is -2.41. The highest BCUT2D eigenvalue weighted by atomic mass is 16.4. The van der Waals surface area contributed by atoms with Crippen molar-refractivity contribution in [3.63, 3.8) is 0 Å². The van der Waals surface area contributed by atoms with E-state index in [1.54, 1.807) is 0 Å². The van der Waals surface area contributed by atoms with Gasteiger partial charge in [-0.1, -0.05) is 29.4 Å². The molecular formula is C15H24N4O. The number of hydrogen-bond acceptors (Lipinski definition) is 4. The second-order valence-corrected chi connectivity index (χ2v) is 5.61. The minimum atomic E-state index is 0.184. The average molecular weight is 276 g/mol. The van der Waals surface area contributed by atoms with Gasteiger partial charge < -0.3 is 15.8 Å². The number of hydrogen-bond donors (Lipinski definition) is 2. The first-order valence-corrected chi connectivity index (χ1v) is 7.06. The van der Waals surface area contributed by atoms with Crippen LogP contribution < -0.4 is 5.73 Å². The molecule has 0 amide bonds. The van der Waals surface area contributed by atoms with Gasteiger partial charge in [0.1, 0.15) is 0 Å². The topological polar surface area (TPSA) is 65.1 Å². The molecule has 110 valence electrons. The average Bonchev–Trinajstić information content (AvgIpc) is 2.47. The molecular weight excluding hydrogens is 252 g/mol. The van der Waals surface area contributed by atoms with Gasteiger partial charge in [-0.15, -0.1) is 0 Å². The Morgan fingerprint density at radius 3 is 2.60 bits per heavy atom. The summed E-state index contributed by atoms with van der Waals surface area (Å²) in [4.78, 5) is 4.74. The molecule has 0 unspecified atom stereocenters. The van der Waals surface area contributed by atoms with Crippen LogP contribution in [0.1, 0.15) is 24.0 Å². The maximum atomic E-state index is 8.86. The Bertz CT molecular complexity index is 465. The van der Waals surface area contributed by atoms with E-state index in [0.717, 1.165) is 30.8 Å². The molecule has 1 fully saturated rings. The molecule has 0 bridgehead atoms. The summed E-state index contributed by atoms with van der Waals surface area (Å²) in [5, 5.41) is 12.0. The lowest BCUT2D eigenvalue weighted by atomic mass is 10.0. The zero-order valence-corrected chi connectivity index (χ0v) is 12.3. The molecule has 1 heterocycles. The summed E-state index contributed by atoms with van der Waals surface area (Å²) in [6.45, 7) is 3.03. The van der Waals surface area contributed by atoms with E-state index in [2.05, 4.69) is 29.1 Å². The summed E-state index contributed by atoms with van der Waals surface area (Å²) in [6, 6.07) is 8.54. The lowest BCUT2D eigenvalue weighted by molar-refractivity contribution is 0.140. The number of likely N-dealkylation sites (tertiary alicyclic amines) is 1. The van der Waals surface area contributed by atoms with Crippen molar-refractivity contribution >= 4 is 5.84 Å². The van der Waals surface area contributed by atoms with Crippen LogP contribution in [-0.4, -0.2) is 54.1 Å². The second kappa shape index (κ2) is 6.72. The first-order valence-electron chi connectivity index (χ1n) is 7.06. The number of oxime groups is 1. The van der Waals surface area contributed by atoms with E-state index >= 15 is 0 Å². The van der Waals surface area contributed by atoms with E-state index in [9.17, 15) is 0 Å². The summed E-state index contributed by atoms with van der Waals surface area (Å²) in [5.74, 6) is 0.184. The standard InChI is InChI=1S/C15H24N4O/c1-18(2)13-7-9-19(10-8-13)11-12-5-3-4-6-14(12)15(16)17-20/h3-6,13,20H,7-11H2,1-2H3,(H2,16,17). The van der Waals surface area contributed by atoms with Crippen LogP contribution in [-0.2, 0) is 6.54 Å². The molecule has 1 saturated heterocycles. The van der Waals surface area contributed by atoms with E-state index < -0.39 is 0 Å². The summed E-state index contributed by atoms with van der Waals surface area (Å²) >= 11 is 0. The molecule has 3 N–H and O–H groups in total. The maximum Gasteiger partial charge on any atom is 0.170 e. The van der Waals surface area contributed by atoms with Crippen LogP contribution in [0.25, 0.3) is 0 Å². The van der Waals surface area contributed by atoms with Crippen LogP contribution in [0.2, 0.25) is 0 Å². The van der Waals surface area contributed by atoms with Gasteiger partial charge in [-0.25, -0.2) is 0 Å². The Hall–Kier alpha value is -1.59. The quantitative estimate of drug-likeness (QED) is 0.377. The number of piperidine rings is 1. The van der Waals surface area contributed by atoms with Gasteiger partial charge in [0.05, 0.1) is 0 Å². The Morgan fingerprint density at radius 2 is 2.00 bits per heavy atom. The minimum absolute atomic E-state index is 0.184. The van der Waals surface area contributed by atoms with Crippen molar-refractivity contribution in [1.82, 2.24) is 9.80 Å². The van der Waals surface area contributed by atoms with Gasteiger partial charge in [0.2, 0.25) is 0 Å². The highest BCUT2D eigenvalue weighted by Crippen LogP contribution is 2.18. The lowest BCUT2D eigenvalue weighted by Gasteiger charge is -2.35. The van der Waals surface area contributed by atoms with E-state index in [1.165, 1.54) is 12.8 Å². The molecule has 5 heteroatoms. The highest BCUT2D eigenvalue weighted by Gasteiger charge is 2.21. The van der Waals surface area contributed by atoms with Crippen LogP contribution in [0.5, 0.6) is 0 Å². The van der Waals surface area contributed by atoms with Gasteiger partial charge in [-0.3, -0.25) is 4.90 Å². The molecule has 2 rings (SSSR count). The molecule has 5 nitrogen and oxygen atoms in total. The van der Waals surface area contributed by atoms with Crippen molar-refractivity contribution in [1.29, 1.82) is 0 Å². The van der Waals surface area contributed by atoms with Crippen LogP contribution in [0.4, 0.5) is 0 Å². The van der Waals surface area contributed by atoms with Crippen molar-refractivity contribution in [3.8, 4) is 0 Å². The van der Waals surface area contributed by atoms with Crippen LogP contribution in [0.15, 0.2) is 29.4 Å².